The Balaban J connectivity index is 1.98. The number of hydrogen-bond donors (Lipinski definition) is 1. The first-order chi connectivity index (χ1) is 12.2. The van der Waals surface area contributed by atoms with E-state index in [0.717, 1.165) is 25.7 Å². The van der Waals surface area contributed by atoms with Gasteiger partial charge in [-0.2, -0.15) is 0 Å². The van der Waals surface area contributed by atoms with Gasteiger partial charge in [0, 0.05) is 6.42 Å². The minimum Gasteiger partial charge on any atom is -0.461 e. The van der Waals surface area contributed by atoms with Crippen molar-refractivity contribution in [3.8, 4) is 0 Å². The molecule has 0 amide bonds. The fraction of sp³-hybridized carbons (Fsp3) is 0.955. The van der Waals surface area contributed by atoms with E-state index in [4.69, 9.17) is 4.74 Å². The van der Waals surface area contributed by atoms with Crippen LogP contribution in [0.25, 0.3) is 0 Å². The summed E-state index contributed by atoms with van der Waals surface area (Å²) >= 11 is 0. The highest BCUT2D eigenvalue weighted by Gasteiger charge is 2.42. The fourth-order valence-corrected chi connectivity index (χ4v) is 3.78. The minimum atomic E-state index is -0.305. The van der Waals surface area contributed by atoms with Crippen LogP contribution in [0.5, 0.6) is 0 Å². The number of cyclic esters (lactones) is 1. The fourth-order valence-electron chi connectivity index (χ4n) is 3.78. The SMILES string of the molecule is CCCCCCCCCCC[C@@H](O)C[C@@H]1OC(=O)[C@H]1CCCCCC. The van der Waals surface area contributed by atoms with Gasteiger partial charge >= 0.3 is 5.97 Å². The summed E-state index contributed by atoms with van der Waals surface area (Å²) in [5.74, 6) is 0.00592. The molecule has 0 aromatic rings. The normalized spacial score (nSPS) is 21.0. The molecule has 1 heterocycles. The third-order valence-corrected chi connectivity index (χ3v) is 5.53. The van der Waals surface area contributed by atoms with Crippen molar-refractivity contribution in [2.24, 2.45) is 5.92 Å². The highest BCUT2D eigenvalue weighted by atomic mass is 16.6. The van der Waals surface area contributed by atoms with Crippen LogP contribution in [0.4, 0.5) is 0 Å². The zero-order chi connectivity index (χ0) is 18.3. The lowest BCUT2D eigenvalue weighted by Crippen LogP contribution is -2.46. The predicted molar refractivity (Wildman–Crippen MR) is 105 cm³/mol. The summed E-state index contributed by atoms with van der Waals surface area (Å²) in [7, 11) is 0. The van der Waals surface area contributed by atoms with E-state index in [1.807, 2.05) is 0 Å². The first-order valence-electron chi connectivity index (χ1n) is 11.1. The molecule has 1 rings (SSSR count). The lowest BCUT2D eigenvalue weighted by atomic mass is 9.86. The van der Waals surface area contributed by atoms with Crippen LogP contribution in [0.1, 0.15) is 117 Å². The van der Waals surface area contributed by atoms with Crippen molar-refractivity contribution in [2.45, 2.75) is 129 Å². The van der Waals surface area contributed by atoms with Gasteiger partial charge in [-0.25, -0.2) is 0 Å². The maximum absolute atomic E-state index is 11.6. The van der Waals surface area contributed by atoms with Crippen LogP contribution in [0, 0.1) is 5.92 Å². The lowest BCUT2D eigenvalue weighted by molar-refractivity contribution is -0.188. The Kier molecular flexibility index (Phi) is 13.1. The standard InChI is InChI=1S/C22H42O3/c1-3-5-7-9-10-11-12-13-14-16-19(23)18-21-20(22(24)25-21)17-15-8-6-4-2/h19-21,23H,3-18H2,1-2H3/t19-,20+,21+/m1/s1. The molecular formula is C22H42O3. The van der Waals surface area contributed by atoms with Crippen molar-refractivity contribution in [3.05, 3.63) is 0 Å². The number of unbranched alkanes of at least 4 members (excludes halogenated alkanes) is 11. The number of aliphatic hydroxyl groups is 1. The first kappa shape index (κ1) is 22.5. The van der Waals surface area contributed by atoms with Gasteiger partial charge in [0.05, 0.1) is 12.0 Å². The molecule has 1 fully saturated rings. The molecule has 3 heteroatoms. The Morgan fingerprint density at radius 1 is 0.840 bits per heavy atom. The van der Waals surface area contributed by atoms with Crippen molar-refractivity contribution in [2.75, 3.05) is 0 Å². The zero-order valence-corrected chi connectivity index (χ0v) is 16.8. The van der Waals surface area contributed by atoms with Crippen LogP contribution in [-0.4, -0.2) is 23.3 Å². The molecular weight excluding hydrogens is 312 g/mol. The molecule has 0 unspecified atom stereocenters. The van der Waals surface area contributed by atoms with Gasteiger partial charge in [0.25, 0.3) is 0 Å². The molecule has 0 aromatic carbocycles. The molecule has 3 atom stereocenters. The molecule has 0 saturated carbocycles. The van der Waals surface area contributed by atoms with Crippen LogP contribution in [0.3, 0.4) is 0 Å². The van der Waals surface area contributed by atoms with Crippen LogP contribution in [-0.2, 0) is 9.53 Å². The Hall–Kier alpha value is -0.570. The van der Waals surface area contributed by atoms with Gasteiger partial charge in [-0.1, -0.05) is 97.3 Å². The van der Waals surface area contributed by atoms with Crippen molar-refractivity contribution in [3.63, 3.8) is 0 Å². The summed E-state index contributed by atoms with van der Waals surface area (Å²) in [5.41, 5.74) is 0. The summed E-state index contributed by atoms with van der Waals surface area (Å²) < 4.78 is 5.27. The number of hydrogen-bond acceptors (Lipinski definition) is 3. The minimum absolute atomic E-state index is 0.0253. The molecule has 0 bridgehead atoms. The molecule has 148 valence electrons. The Morgan fingerprint density at radius 2 is 1.36 bits per heavy atom. The number of rotatable bonds is 17. The zero-order valence-electron chi connectivity index (χ0n) is 16.8. The van der Waals surface area contributed by atoms with E-state index in [9.17, 15) is 9.90 Å². The molecule has 3 nitrogen and oxygen atoms in total. The second-order valence-electron chi connectivity index (χ2n) is 7.94. The predicted octanol–water partition coefficient (Wildman–Crippen LogP) is 6.17. The third kappa shape index (κ3) is 10.2. The van der Waals surface area contributed by atoms with Crippen molar-refractivity contribution >= 4 is 5.97 Å². The van der Waals surface area contributed by atoms with Gasteiger partial charge in [0.1, 0.15) is 6.10 Å². The van der Waals surface area contributed by atoms with Crippen molar-refractivity contribution < 1.29 is 14.6 Å². The summed E-state index contributed by atoms with van der Waals surface area (Å²) in [4.78, 5) is 11.6. The van der Waals surface area contributed by atoms with Crippen LogP contribution < -0.4 is 0 Å². The third-order valence-electron chi connectivity index (χ3n) is 5.53. The van der Waals surface area contributed by atoms with Gasteiger partial charge in [-0.05, 0) is 12.8 Å². The highest BCUT2D eigenvalue weighted by molar-refractivity contribution is 5.78. The Morgan fingerprint density at radius 3 is 1.92 bits per heavy atom. The number of ether oxygens (including phenoxy) is 1. The highest BCUT2D eigenvalue weighted by Crippen LogP contribution is 2.31. The van der Waals surface area contributed by atoms with E-state index in [2.05, 4.69) is 13.8 Å². The monoisotopic (exact) mass is 354 g/mol. The van der Waals surface area contributed by atoms with E-state index in [1.54, 1.807) is 0 Å². The van der Waals surface area contributed by atoms with Gasteiger partial charge in [0.2, 0.25) is 0 Å². The summed E-state index contributed by atoms with van der Waals surface area (Å²) in [6, 6.07) is 0. The van der Waals surface area contributed by atoms with Gasteiger partial charge in [-0.15, -0.1) is 0 Å². The lowest BCUT2D eigenvalue weighted by Gasteiger charge is -2.36. The maximum atomic E-state index is 11.6. The number of carbonyl (C=O) groups excluding carboxylic acids is 1. The summed E-state index contributed by atoms with van der Waals surface area (Å²) in [6.07, 6.45) is 18.6. The van der Waals surface area contributed by atoms with Gasteiger partial charge in [0.15, 0.2) is 0 Å². The van der Waals surface area contributed by atoms with Crippen LogP contribution >= 0.6 is 0 Å². The molecule has 25 heavy (non-hydrogen) atoms. The summed E-state index contributed by atoms with van der Waals surface area (Å²) in [5, 5.41) is 10.2. The number of aliphatic hydroxyl groups excluding tert-OH is 1. The molecule has 0 spiro atoms. The van der Waals surface area contributed by atoms with Crippen molar-refractivity contribution in [1.29, 1.82) is 0 Å². The van der Waals surface area contributed by atoms with Crippen LogP contribution in [0.2, 0.25) is 0 Å². The smallest absolute Gasteiger partial charge is 0.313 e. The second kappa shape index (κ2) is 14.6. The second-order valence-corrected chi connectivity index (χ2v) is 7.94. The van der Waals surface area contributed by atoms with Gasteiger partial charge < -0.3 is 9.84 Å². The van der Waals surface area contributed by atoms with E-state index >= 15 is 0 Å². The molecule has 1 N–H and O–H groups in total. The van der Waals surface area contributed by atoms with Crippen LogP contribution in [0.15, 0.2) is 0 Å². The molecule has 0 radical (unpaired) electrons. The molecule has 1 saturated heterocycles. The average molecular weight is 355 g/mol. The largest absolute Gasteiger partial charge is 0.461 e. The molecule has 1 aliphatic rings. The Labute approximate surface area is 155 Å². The quantitative estimate of drug-likeness (QED) is 0.251. The molecule has 0 aromatic heterocycles. The van der Waals surface area contributed by atoms with E-state index in [1.165, 1.54) is 70.6 Å². The van der Waals surface area contributed by atoms with E-state index in [0.29, 0.717) is 6.42 Å². The maximum Gasteiger partial charge on any atom is 0.313 e. The van der Waals surface area contributed by atoms with Gasteiger partial charge in [-0.3, -0.25) is 4.79 Å². The number of carbonyl (C=O) groups is 1. The average Bonchev–Trinajstić information content (AvgIpc) is 2.59. The summed E-state index contributed by atoms with van der Waals surface area (Å²) in [6.45, 7) is 4.45. The molecule has 1 aliphatic heterocycles. The van der Waals surface area contributed by atoms with E-state index < -0.39 is 0 Å². The Bertz CT molecular complexity index is 329. The van der Waals surface area contributed by atoms with Crippen molar-refractivity contribution in [1.82, 2.24) is 0 Å². The first-order valence-corrected chi connectivity index (χ1v) is 11.1. The number of esters is 1. The molecule has 0 aliphatic carbocycles. The van der Waals surface area contributed by atoms with E-state index in [-0.39, 0.29) is 24.1 Å². The topological polar surface area (TPSA) is 46.5 Å².